The molecule has 1 N–H and O–H groups in total. The molecule has 11 heteroatoms. The molecule has 4 fully saturated rings. The van der Waals surface area contributed by atoms with Crippen LogP contribution in [0.5, 0.6) is 0 Å². The number of aliphatic hydroxyl groups excluding tert-OH is 1. The fraction of sp³-hybridized carbons (Fsp3) is 0.600. The van der Waals surface area contributed by atoms with Gasteiger partial charge < -0.3 is 42.4 Å². The standard InChI is InChI=1S/C50H72O9Si2/c1-48(2,3)60(9,10)59-43-32-44-46(57-40(43)29-30-54-61(49(4,5)6,37-23-16-12-17-24-37)38-25-18-13-19-26-38)47(52-33-35-21-14-11-15-22-35)45(51)41(56-44)28-20-27-39-42(55-39)31-36-34-53-50(7,8)58-36/h11-27,36,39-47,51H,28-34H2,1-10H3/b27-20-/t36-,39-,40+,41-,42+,43-,44+,45?,46+,47+/m0/s1. The number of ether oxygens (including phenoxy) is 6. The van der Waals surface area contributed by atoms with Crippen molar-refractivity contribution in [3.8, 4) is 0 Å². The summed E-state index contributed by atoms with van der Waals surface area (Å²) in [6.45, 7) is 23.7. The zero-order valence-corrected chi connectivity index (χ0v) is 40.3. The van der Waals surface area contributed by atoms with Crippen molar-refractivity contribution in [3.63, 3.8) is 0 Å². The molecule has 0 saturated carbocycles. The van der Waals surface area contributed by atoms with Gasteiger partial charge in [-0.25, -0.2) is 0 Å². The van der Waals surface area contributed by atoms with Gasteiger partial charge in [0, 0.05) is 19.4 Å². The average Bonchev–Trinajstić information content (AvgIpc) is 3.85. The number of hydrogen-bond acceptors (Lipinski definition) is 9. The minimum Gasteiger partial charge on any atom is -0.411 e. The number of epoxide rings is 1. The van der Waals surface area contributed by atoms with Crippen LogP contribution in [0.1, 0.15) is 86.6 Å². The van der Waals surface area contributed by atoms with Crippen LogP contribution in [0.3, 0.4) is 0 Å². The SMILES string of the molecule is CC1(C)OC[C@H](C[C@H]2O[C@H]2/C=C\C[C@@H]2O[C@@H]3C[C@H](O[Si](C)(C)C(C)(C)C)[C@@H](CCO[Si](c4ccccc4)(c4ccccc4)C(C)(C)C)O[C@H]3[C@H](OCc3ccccc3)C2O)O1. The molecule has 61 heavy (non-hydrogen) atoms. The molecule has 0 bridgehead atoms. The quantitative estimate of drug-likeness (QED) is 0.0865. The third-order valence-electron chi connectivity index (χ3n) is 13.5. The molecular formula is C50H72O9Si2. The summed E-state index contributed by atoms with van der Waals surface area (Å²) < 4.78 is 53.2. The predicted molar refractivity (Wildman–Crippen MR) is 245 cm³/mol. The monoisotopic (exact) mass is 872 g/mol. The summed E-state index contributed by atoms with van der Waals surface area (Å²) in [6.07, 6.45) is 3.51. The van der Waals surface area contributed by atoms with E-state index in [2.05, 4.69) is 140 Å². The number of rotatable bonds is 16. The van der Waals surface area contributed by atoms with Crippen molar-refractivity contribution in [2.75, 3.05) is 13.2 Å². The maximum Gasteiger partial charge on any atom is 0.261 e. The molecule has 0 aliphatic carbocycles. The van der Waals surface area contributed by atoms with E-state index in [9.17, 15) is 5.11 Å². The van der Waals surface area contributed by atoms with Gasteiger partial charge in [0.25, 0.3) is 8.32 Å². The Kier molecular flexibility index (Phi) is 14.4. The topological polar surface area (TPSA) is 97.4 Å². The Morgan fingerprint density at radius 2 is 1.41 bits per heavy atom. The average molecular weight is 873 g/mol. The molecule has 0 aromatic heterocycles. The van der Waals surface area contributed by atoms with Gasteiger partial charge in [-0.2, -0.15) is 0 Å². The van der Waals surface area contributed by atoms with E-state index in [0.29, 0.717) is 39.1 Å². The van der Waals surface area contributed by atoms with Gasteiger partial charge in [-0.05, 0) is 65.8 Å². The lowest BCUT2D eigenvalue weighted by Crippen LogP contribution is -2.67. The Morgan fingerprint density at radius 3 is 1.98 bits per heavy atom. The van der Waals surface area contributed by atoms with Crippen LogP contribution < -0.4 is 10.4 Å². The molecule has 0 spiro atoms. The van der Waals surface area contributed by atoms with Crippen LogP contribution >= 0.6 is 0 Å². The smallest absolute Gasteiger partial charge is 0.261 e. The summed E-state index contributed by atoms with van der Waals surface area (Å²) >= 11 is 0. The summed E-state index contributed by atoms with van der Waals surface area (Å²) in [5.74, 6) is -0.549. The van der Waals surface area contributed by atoms with Crippen molar-refractivity contribution in [2.24, 2.45) is 0 Å². The van der Waals surface area contributed by atoms with Crippen molar-refractivity contribution in [1.29, 1.82) is 0 Å². The Bertz CT molecular complexity index is 1820. The first-order valence-electron chi connectivity index (χ1n) is 22.6. The highest BCUT2D eigenvalue weighted by molar-refractivity contribution is 6.99. The first-order chi connectivity index (χ1) is 28.9. The molecule has 4 heterocycles. The molecule has 3 aromatic carbocycles. The lowest BCUT2D eigenvalue weighted by Gasteiger charge is -2.52. The first kappa shape index (κ1) is 46.5. The Labute approximate surface area is 367 Å². The molecule has 4 aliphatic heterocycles. The molecule has 7 rings (SSSR count). The van der Waals surface area contributed by atoms with Gasteiger partial charge in [0.05, 0.1) is 49.8 Å². The second-order valence-electron chi connectivity index (χ2n) is 20.5. The van der Waals surface area contributed by atoms with Crippen LogP contribution in [0, 0.1) is 0 Å². The number of benzene rings is 3. The normalized spacial score (nSPS) is 30.7. The van der Waals surface area contributed by atoms with Crippen LogP contribution in [0.4, 0.5) is 0 Å². The molecule has 3 aromatic rings. The number of aliphatic hydroxyl groups is 1. The zero-order valence-electron chi connectivity index (χ0n) is 38.3. The van der Waals surface area contributed by atoms with E-state index in [-0.39, 0.29) is 46.7 Å². The van der Waals surface area contributed by atoms with E-state index in [1.165, 1.54) is 10.4 Å². The third kappa shape index (κ3) is 10.9. The van der Waals surface area contributed by atoms with Crippen LogP contribution in [-0.4, -0.2) is 102 Å². The lowest BCUT2D eigenvalue weighted by atomic mass is 9.86. The molecule has 334 valence electrons. The molecule has 1 unspecified atom stereocenters. The summed E-state index contributed by atoms with van der Waals surface area (Å²) in [4.78, 5) is 0. The highest BCUT2D eigenvalue weighted by Gasteiger charge is 2.54. The van der Waals surface area contributed by atoms with Crippen LogP contribution in [0.2, 0.25) is 23.2 Å². The molecule has 10 atom stereocenters. The van der Waals surface area contributed by atoms with E-state index in [0.717, 1.165) is 12.0 Å². The number of hydrogen-bond donors (Lipinski definition) is 1. The van der Waals surface area contributed by atoms with Gasteiger partial charge in [0.15, 0.2) is 14.1 Å². The van der Waals surface area contributed by atoms with Gasteiger partial charge in [-0.15, -0.1) is 0 Å². The van der Waals surface area contributed by atoms with E-state index >= 15 is 0 Å². The summed E-state index contributed by atoms with van der Waals surface area (Å²) in [7, 11) is -5.05. The fourth-order valence-electron chi connectivity index (χ4n) is 9.20. The highest BCUT2D eigenvalue weighted by atomic mass is 28.4. The molecule has 0 amide bonds. The zero-order chi connectivity index (χ0) is 43.6. The lowest BCUT2D eigenvalue weighted by molar-refractivity contribution is -0.289. The van der Waals surface area contributed by atoms with Crippen molar-refractivity contribution in [2.45, 2.75) is 178 Å². The molecule has 0 radical (unpaired) electrons. The van der Waals surface area contributed by atoms with Crippen LogP contribution in [0.15, 0.2) is 103 Å². The molecule has 4 aliphatic rings. The Morgan fingerprint density at radius 1 is 0.787 bits per heavy atom. The van der Waals surface area contributed by atoms with Gasteiger partial charge in [-0.1, -0.05) is 145 Å². The van der Waals surface area contributed by atoms with Crippen molar-refractivity contribution in [3.05, 3.63) is 109 Å². The maximum absolute atomic E-state index is 12.1. The second kappa shape index (κ2) is 18.9. The minimum absolute atomic E-state index is 0.00600. The molecule has 4 saturated heterocycles. The van der Waals surface area contributed by atoms with Crippen LogP contribution in [0.25, 0.3) is 0 Å². The number of fused-ring (bicyclic) bond motifs is 1. The van der Waals surface area contributed by atoms with E-state index in [1.807, 2.05) is 32.0 Å². The third-order valence-corrected chi connectivity index (χ3v) is 23.1. The Balaban J connectivity index is 1.12. The first-order valence-corrected chi connectivity index (χ1v) is 27.4. The van der Waals surface area contributed by atoms with Gasteiger partial charge in [-0.3, -0.25) is 0 Å². The maximum atomic E-state index is 12.1. The predicted octanol–water partition coefficient (Wildman–Crippen LogP) is 8.47. The summed E-state index contributed by atoms with van der Waals surface area (Å²) in [5, 5.41) is 14.4. The summed E-state index contributed by atoms with van der Waals surface area (Å²) in [6, 6.07) is 31.7. The highest BCUT2D eigenvalue weighted by Crippen LogP contribution is 2.43. The fourth-order valence-corrected chi connectivity index (χ4v) is 15.1. The van der Waals surface area contributed by atoms with E-state index in [4.69, 9.17) is 37.3 Å². The second-order valence-corrected chi connectivity index (χ2v) is 29.6. The van der Waals surface area contributed by atoms with E-state index < -0.39 is 46.8 Å². The van der Waals surface area contributed by atoms with Gasteiger partial charge in [0.1, 0.15) is 24.4 Å². The van der Waals surface area contributed by atoms with Gasteiger partial charge in [0.2, 0.25) is 0 Å². The Hall–Kier alpha value is -2.53. The molecule has 9 nitrogen and oxygen atoms in total. The van der Waals surface area contributed by atoms with Crippen molar-refractivity contribution >= 4 is 27.0 Å². The van der Waals surface area contributed by atoms with Crippen LogP contribution in [-0.2, 0) is 43.9 Å². The van der Waals surface area contributed by atoms with E-state index in [1.54, 1.807) is 0 Å². The summed E-state index contributed by atoms with van der Waals surface area (Å²) in [5.41, 5.74) is 1.04. The minimum atomic E-state index is -2.79. The molecular weight excluding hydrogens is 801 g/mol. The van der Waals surface area contributed by atoms with Crippen molar-refractivity contribution < 1.29 is 42.4 Å². The van der Waals surface area contributed by atoms with Crippen molar-refractivity contribution in [1.82, 2.24) is 0 Å². The van der Waals surface area contributed by atoms with Gasteiger partial charge >= 0.3 is 0 Å². The largest absolute Gasteiger partial charge is 0.411 e.